The lowest BCUT2D eigenvalue weighted by atomic mass is 9.82. The second-order valence-corrected chi connectivity index (χ2v) is 12.2. The van der Waals surface area contributed by atoms with Gasteiger partial charge in [-0.2, -0.15) is 0 Å². The summed E-state index contributed by atoms with van der Waals surface area (Å²) >= 11 is 0. The van der Waals surface area contributed by atoms with Gasteiger partial charge in [-0.1, -0.05) is 80.8 Å². The Labute approximate surface area is 243 Å². The van der Waals surface area contributed by atoms with E-state index in [4.69, 9.17) is 9.84 Å². The van der Waals surface area contributed by atoms with Crippen LogP contribution in [0.3, 0.4) is 0 Å². The minimum atomic E-state index is -1.06. The Morgan fingerprint density at radius 1 is 1.07 bits per heavy atom. The van der Waals surface area contributed by atoms with Gasteiger partial charge in [-0.05, 0) is 79.7 Å². The van der Waals surface area contributed by atoms with Crippen molar-refractivity contribution < 1.29 is 19.4 Å². The van der Waals surface area contributed by atoms with Crippen molar-refractivity contribution in [2.24, 2.45) is 11.3 Å². The summed E-state index contributed by atoms with van der Waals surface area (Å²) in [5.74, 6) is 5.74. The van der Waals surface area contributed by atoms with E-state index in [1.807, 2.05) is 29.2 Å². The smallest absolute Gasteiger partial charge is 0.381 e. The Bertz CT molecular complexity index is 1400. The van der Waals surface area contributed by atoms with Crippen LogP contribution in [0, 0.1) is 23.2 Å². The number of amides is 2. The van der Waals surface area contributed by atoms with Gasteiger partial charge in [0.1, 0.15) is 11.9 Å². The topological polar surface area (TPSA) is 78.9 Å². The van der Waals surface area contributed by atoms with Gasteiger partial charge in [-0.15, -0.1) is 0 Å². The summed E-state index contributed by atoms with van der Waals surface area (Å²) in [7, 11) is 0. The van der Waals surface area contributed by atoms with Gasteiger partial charge < -0.3 is 15.2 Å². The molecular formula is C35H40N2O4. The third kappa shape index (κ3) is 6.85. The van der Waals surface area contributed by atoms with Gasteiger partial charge in [0, 0.05) is 11.3 Å². The van der Waals surface area contributed by atoms with E-state index < -0.39 is 5.97 Å². The summed E-state index contributed by atoms with van der Waals surface area (Å²) < 4.78 is 6.42. The van der Waals surface area contributed by atoms with Crippen LogP contribution in [-0.4, -0.2) is 35.8 Å². The normalized spacial score (nSPS) is 25.4. The molecule has 0 bridgehead atoms. The Balaban J connectivity index is 1.32. The van der Waals surface area contributed by atoms with Crippen LogP contribution in [0.1, 0.15) is 70.8 Å². The summed E-state index contributed by atoms with van der Waals surface area (Å²) in [6.45, 7) is 6.85. The molecule has 0 saturated heterocycles. The molecule has 1 aliphatic heterocycles. The van der Waals surface area contributed by atoms with E-state index in [-0.39, 0.29) is 29.5 Å². The summed E-state index contributed by atoms with van der Waals surface area (Å²) in [6.07, 6.45) is 13.7. The van der Waals surface area contributed by atoms with E-state index in [9.17, 15) is 9.59 Å². The van der Waals surface area contributed by atoms with Crippen LogP contribution in [0.25, 0.3) is 11.1 Å². The first-order chi connectivity index (χ1) is 19.7. The van der Waals surface area contributed by atoms with Gasteiger partial charge in [0.15, 0.2) is 0 Å². The van der Waals surface area contributed by atoms with Gasteiger partial charge in [-0.25, -0.2) is 9.59 Å². The number of carbonyl (C=O) groups excluding carboxylic acids is 1. The number of allylic oxidation sites excluding steroid dienone is 2. The van der Waals surface area contributed by atoms with Crippen LogP contribution in [0.15, 0.2) is 66.8 Å². The number of rotatable bonds is 4. The molecule has 2 N–H and O–H groups in total. The van der Waals surface area contributed by atoms with Crippen molar-refractivity contribution in [3.05, 3.63) is 72.3 Å². The maximum atomic E-state index is 13.3. The third-order valence-corrected chi connectivity index (χ3v) is 8.68. The maximum Gasteiger partial charge on any atom is 0.381 e. The first kappa shape index (κ1) is 28.5. The number of nitrogens with zero attached hydrogens (tertiary/aromatic N) is 1. The molecule has 2 aromatic rings. The maximum absolute atomic E-state index is 13.3. The standard InChI is InChI=1S/C35H40N2O4/c1-24(2)32-23-37(34(40)36-29-9-5-4-6-10-29)30-16-15-28(22-31(30)41-32)27-13-11-26(12-14-27)25-8-7-19-35(3,20-17-25)21-18-33(38)39/h4-6,9,11-16,22,24-25,29,32H,7-8,10,17,19-20,23H2,1-3H3,(H,36,40)(H,38,39). The molecule has 2 aromatic carbocycles. The molecule has 0 radical (unpaired) electrons. The third-order valence-electron chi connectivity index (χ3n) is 8.68. The van der Waals surface area contributed by atoms with Crippen molar-refractivity contribution in [3.8, 4) is 28.7 Å². The van der Waals surface area contributed by atoms with E-state index in [2.05, 4.69) is 80.4 Å². The van der Waals surface area contributed by atoms with Gasteiger partial charge in [0.2, 0.25) is 0 Å². The van der Waals surface area contributed by atoms with Crippen LogP contribution in [0.2, 0.25) is 0 Å². The van der Waals surface area contributed by atoms with Gasteiger partial charge in [0.05, 0.1) is 18.3 Å². The van der Waals surface area contributed by atoms with Gasteiger partial charge in [0.25, 0.3) is 0 Å². The first-order valence-electron chi connectivity index (χ1n) is 14.8. The number of hydrogen-bond acceptors (Lipinski definition) is 3. The number of anilines is 1. The highest BCUT2D eigenvalue weighted by Crippen LogP contribution is 2.42. The lowest BCUT2D eigenvalue weighted by Crippen LogP contribution is -2.51. The number of urea groups is 1. The molecule has 1 saturated carbocycles. The van der Waals surface area contributed by atoms with E-state index in [0.29, 0.717) is 12.5 Å². The molecule has 0 spiro atoms. The van der Waals surface area contributed by atoms with E-state index in [1.165, 1.54) is 5.56 Å². The van der Waals surface area contributed by atoms with Crippen LogP contribution in [0.5, 0.6) is 5.75 Å². The molecule has 1 fully saturated rings. The Hall–Kier alpha value is -3.98. The molecule has 1 heterocycles. The Morgan fingerprint density at radius 2 is 1.85 bits per heavy atom. The van der Waals surface area contributed by atoms with E-state index in [0.717, 1.165) is 61.1 Å². The van der Waals surface area contributed by atoms with Crippen LogP contribution in [-0.2, 0) is 4.79 Å². The van der Waals surface area contributed by atoms with Crippen molar-refractivity contribution in [1.29, 1.82) is 0 Å². The lowest BCUT2D eigenvalue weighted by Gasteiger charge is -2.37. The summed E-state index contributed by atoms with van der Waals surface area (Å²) in [6, 6.07) is 14.8. The molecule has 6 heteroatoms. The number of carboxylic acid groups (broad SMARTS) is 1. The zero-order chi connectivity index (χ0) is 29.0. The number of nitrogens with one attached hydrogen (secondary N) is 1. The van der Waals surface area contributed by atoms with Crippen molar-refractivity contribution in [2.45, 2.75) is 77.4 Å². The summed E-state index contributed by atoms with van der Waals surface area (Å²) in [5, 5.41) is 12.1. The highest BCUT2D eigenvalue weighted by Gasteiger charge is 2.33. The average molecular weight is 553 g/mol. The highest BCUT2D eigenvalue weighted by atomic mass is 16.5. The summed E-state index contributed by atoms with van der Waals surface area (Å²) in [5.41, 5.74) is 4.03. The quantitative estimate of drug-likeness (QED) is 0.308. The van der Waals surface area contributed by atoms with Gasteiger partial charge in [-0.3, -0.25) is 4.90 Å². The van der Waals surface area contributed by atoms with Gasteiger partial charge >= 0.3 is 12.0 Å². The monoisotopic (exact) mass is 552 g/mol. The van der Waals surface area contributed by atoms with E-state index >= 15 is 0 Å². The number of carbonyl (C=O) groups is 2. The minimum absolute atomic E-state index is 0.00559. The number of carboxylic acids is 1. The largest absolute Gasteiger partial charge is 0.486 e. The number of benzene rings is 2. The zero-order valence-electron chi connectivity index (χ0n) is 24.2. The average Bonchev–Trinajstić information content (AvgIpc) is 3.17. The van der Waals surface area contributed by atoms with Crippen molar-refractivity contribution >= 4 is 17.7 Å². The molecular weight excluding hydrogens is 512 g/mol. The molecule has 2 aliphatic carbocycles. The second kappa shape index (κ2) is 12.3. The fraction of sp³-hybridized carbons (Fsp3) is 0.429. The summed E-state index contributed by atoms with van der Waals surface area (Å²) in [4.78, 5) is 26.1. The number of ether oxygens (including phenoxy) is 1. The highest BCUT2D eigenvalue weighted by molar-refractivity contribution is 5.95. The van der Waals surface area contributed by atoms with Crippen LogP contribution >= 0.6 is 0 Å². The molecule has 6 nitrogen and oxygen atoms in total. The first-order valence-corrected chi connectivity index (χ1v) is 14.8. The fourth-order valence-corrected chi connectivity index (χ4v) is 6.06. The van der Waals surface area contributed by atoms with Crippen molar-refractivity contribution in [3.63, 3.8) is 0 Å². The van der Waals surface area contributed by atoms with Crippen molar-refractivity contribution in [2.75, 3.05) is 11.4 Å². The predicted molar refractivity (Wildman–Crippen MR) is 163 cm³/mol. The molecule has 0 aromatic heterocycles. The van der Waals surface area contributed by atoms with Crippen molar-refractivity contribution in [1.82, 2.24) is 5.32 Å². The number of hydrogen-bond donors (Lipinski definition) is 2. The second-order valence-electron chi connectivity index (χ2n) is 12.2. The molecule has 41 heavy (non-hydrogen) atoms. The van der Waals surface area contributed by atoms with Crippen LogP contribution in [0.4, 0.5) is 10.5 Å². The minimum Gasteiger partial charge on any atom is -0.486 e. The zero-order valence-corrected chi connectivity index (χ0v) is 24.2. The Kier molecular flexibility index (Phi) is 8.54. The predicted octanol–water partition coefficient (Wildman–Crippen LogP) is 7.31. The molecule has 3 aliphatic rings. The molecule has 5 rings (SSSR count). The molecule has 214 valence electrons. The Morgan fingerprint density at radius 3 is 2.56 bits per heavy atom. The molecule has 2 amide bonds. The number of fused-ring (bicyclic) bond motifs is 1. The molecule has 4 unspecified atom stereocenters. The molecule has 4 atom stereocenters. The SMILES string of the molecule is CC(C)C1CN(C(=O)NC2C=CC=CC2)c2ccc(-c3ccc(C4CCCC(C)(C#CC(=O)O)CC4)cc3)cc2O1. The fourth-order valence-electron chi connectivity index (χ4n) is 6.06. The van der Waals surface area contributed by atoms with E-state index in [1.54, 1.807) is 0 Å². The van der Waals surface area contributed by atoms with Crippen LogP contribution < -0.4 is 15.0 Å². The lowest BCUT2D eigenvalue weighted by molar-refractivity contribution is -0.130. The number of aliphatic carboxylic acids is 1.